The summed E-state index contributed by atoms with van der Waals surface area (Å²) in [6, 6.07) is 1.34. The van der Waals surface area contributed by atoms with Gasteiger partial charge in [-0.3, -0.25) is 9.59 Å². The molecule has 0 radical (unpaired) electrons. The lowest BCUT2D eigenvalue weighted by atomic mass is 9.57. The number of thioether (sulfide) groups is 1. The molecule has 4 fully saturated rings. The first-order valence-corrected chi connectivity index (χ1v) is 13.8. The van der Waals surface area contributed by atoms with Crippen LogP contribution in [0.3, 0.4) is 0 Å². The van der Waals surface area contributed by atoms with Gasteiger partial charge in [0.25, 0.3) is 0 Å². The van der Waals surface area contributed by atoms with E-state index < -0.39 is 17.6 Å². The van der Waals surface area contributed by atoms with Crippen LogP contribution in [0.1, 0.15) is 51.9 Å². The minimum Gasteiger partial charge on any atom is -0.323 e. The molecular formula is C22H31FN6O4S2. The molecule has 192 valence electrons. The van der Waals surface area contributed by atoms with E-state index in [2.05, 4.69) is 20.8 Å². The Morgan fingerprint density at radius 2 is 2.00 bits per heavy atom. The Bertz CT molecular complexity index is 932. The van der Waals surface area contributed by atoms with Crippen molar-refractivity contribution >= 4 is 40.0 Å². The number of carbonyl (C=O) groups is 2. The molecule has 1 aromatic heterocycles. The Morgan fingerprint density at radius 1 is 1.26 bits per heavy atom. The monoisotopic (exact) mass is 526 g/mol. The number of anilines is 1. The lowest BCUT2D eigenvalue weighted by Crippen LogP contribution is -2.59. The van der Waals surface area contributed by atoms with E-state index in [1.807, 2.05) is 13.0 Å². The Morgan fingerprint density at radius 3 is 2.69 bits per heavy atom. The minimum atomic E-state index is -1.14. The lowest BCUT2D eigenvalue weighted by molar-refractivity contribution is -0.286. The highest BCUT2D eigenvalue weighted by Gasteiger charge is 2.52. The molecule has 0 spiro atoms. The third kappa shape index (κ3) is 6.11. The van der Waals surface area contributed by atoms with Gasteiger partial charge in [0, 0.05) is 23.1 Å². The average Bonchev–Trinajstić information content (AvgIpc) is 3.49. The molecule has 2 N–H and O–H groups in total. The summed E-state index contributed by atoms with van der Waals surface area (Å²) >= 11 is 2.84. The second-order valence-electron chi connectivity index (χ2n) is 9.34. The Labute approximate surface area is 212 Å². The molecule has 3 saturated carbocycles. The third-order valence-corrected chi connectivity index (χ3v) is 9.22. The largest absolute Gasteiger partial charge is 0.323 e. The molecule has 0 unspecified atom stereocenters. The van der Waals surface area contributed by atoms with Crippen LogP contribution in [0.15, 0.2) is 4.34 Å². The van der Waals surface area contributed by atoms with Crippen molar-refractivity contribution in [2.45, 2.75) is 74.0 Å². The van der Waals surface area contributed by atoms with Crippen LogP contribution in [-0.4, -0.2) is 76.7 Å². The van der Waals surface area contributed by atoms with Crippen molar-refractivity contribution in [1.82, 2.24) is 20.4 Å². The van der Waals surface area contributed by atoms with Crippen LogP contribution in [0.4, 0.5) is 9.52 Å². The van der Waals surface area contributed by atoms with Crippen LogP contribution < -0.4 is 10.6 Å². The van der Waals surface area contributed by atoms with Crippen LogP contribution in [0.2, 0.25) is 0 Å². The van der Waals surface area contributed by atoms with Gasteiger partial charge in [-0.1, -0.05) is 23.1 Å². The molecule has 1 saturated heterocycles. The number of likely N-dealkylation sites (tertiary alicyclic amines) is 1. The molecule has 2 amide bonds. The summed E-state index contributed by atoms with van der Waals surface area (Å²) in [5.41, 5.74) is -0.620. The normalized spacial score (nSPS) is 29.8. The zero-order chi connectivity index (χ0) is 24.9. The SMILES string of the molecule is CCOOCCSc1nnc(NC(=O)C23CCC(NCC(=O)N4C[C@@H](F)C[C@H]4C#N)(CC2)CC3)s1. The number of rotatable bonds is 11. The fourth-order valence-corrected chi connectivity index (χ4v) is 6.81. The van der Waals surface area contributed by atoms with Gasteiger partial charge in [-0.05, 0) is 45.4 Å². The van der Waals surface area contributed by atoms with Crippen LogP contribution in [0.25, 0.3) is 0 Å². The molecule has 2 bridgehead atoms. The number of carbonyl (C=O) groups excluding carboxylic acids is 2. The van der Waals surface area contributed by atoms with Gasteiger partial charge in [0.2, 0.25) is 16.9 Å². The van der Waals surface area contributed by atoms with Gasteiger partial charge in [-0.15, -0.1) is 10.2 Å². The summed E-state index contributed by atoms with van der Waals surface area (Å²) in [5, 5.41) is 24.3. The molecule has 10 nitrogen and oxygen atoms in total. The molecule has 0 aromatic carbocycles. The Hall–Kier alpha value is -1.85. The number of hydrogen-bond acceptors (Lipinski definition) is 10. The molecule has 2 heterocycles. The summed E-state index contributed by atoms with van der Waals surface area (Å²) in [5.74, 6) is 0.422. The number of nitrogens with zero attached hydrogens (tertiary/aromatic N) is 4. The van der Waals surface area contributed by atoms with E-state index in [1.165, 1.54) is 28.0 Å². The number of halogens is 1. The maximum atomic E-state index is 13.7. The molecule has 2 atom stereocenters. The fourth-order valence-electron chi connectivity index (χ4n) is 5.19. The van der Waals surface area contributed by atoms with Crippen molar-refractivity contribution in [3.8, 4) is 6.07 Å². The van der Waals surface area contributed by atoms with Gasteiger partial charge in [0.05, 0.1) is 32.4 Å². The van der Waals surface area contributed by atoms with Crippen molar-refractivity contribution in [2.75, 3.05) is 37.4 Å². The average molecular weight is 527 g/mol. The number of aromatic nitrogens is 2. The number of fused-ring (bicyclic) bond motifs is 3. The van der Waals surface area contributed by atoms with E-state index >= 15 is 0 Å². The van der Waals surface area contributed by atoms with E-state index in [0.29, 0.717) is 24.1 Å². The Balaban J connectivity index is 1.24. The first-order valence-electron chi connectivity index (χ1n) is 12.0. The van der Waals surface area contributed by atoms with Crippen molar-refractivity contribution in [3.63, 3.8) is 0 Å². The van der Waals surface area contributed by atoms with E-state index in [0.717, 1.165) is 42.9 Å². The van der Waals surface area contributed by atoms with Crippen LogP contribution >= 0.6 is 23.1 Å². The number of alkyl halides is 1. The maximum Gasteiger partial charge on any atom is 0.237 e. The van der Waals surface area contributed by atoms with Crippen LogP contribution in [0.5, 0.6) is 0 Å². The first-order chi connectivity index (χ1) is 16.9. The maximum absolute atomic E-state index is 13.7. The van der Waals surface area contributed by atoms with Gasteiger partial charge in [-0.2, -0.15) is 5.26 Å². The molecule has 3 aliphatic carbocycles. The summed E-state index contributed by atoms with van der Waals surface area (Å²) in [7, 11) is 0. The molecule has 5 rings (SSSR count). The minimum absolute atomic E-state index is 0.0120. The number of nitrogens with one attached hydrogen (secondary N) is 2. The summed E-state index contributed by atoms with van der Waals surface area (Å²) < 4.78 is 14.4. The smallest absolute Gasteiger partial charge is 0.237 e. The lowest BCUT2D eigenvalue weighted by Gasteiger charge is -2.52. The third-order valence-electron chi connectivity index (χ3n) is 7.28. The molecule has 1 aromatic rings. The standard InChI is InChI=1S/C22H31FN6O4S2/c1-2-32-33-9-10-34-20-28-27-19(35-20)26-18(31)21-3-6-22(7-4-21,8-5-21)25-13-17(30)29-14-15(23)11-16(29)12-24/h15-16,25H,2-11,13-14H2,1H3,(H,26,27,31)/t15-,16-,21?,22?/m0/s1. The van der Waals surface area contributed by atoms with Gasteiger partial charge in [0.15, 0.2) is 4.34 Å². The summed E-state index contributed by atoms with van der Waals surface area (Å²) in [4.78, 5) is 37.0. The topological polar surface area (TPSA) is 129 Å². The highest BCUT2D eigenvalue weighted by molar-refractivity contribution is 8.01. The van der Waals surface area contributed by atoms with E-state index in [1.54, 1.807) is 0 Å². The van der Waals surface area contributed by atoms with Crippen molar-refractivity contribution < 1.29 is 23.8 Å². The highest BCUT2D eigenvalue weighted by atomic mass is 32.2. The van der Waals surface area contributed by atoms with Crippen molar-refractivity contribution in [2.24, 2.45) is 5.41 Å². The van der Waals surface area contributed by atoms with Crippen LogP contribution in [0, 0.1) is 16.7 Å². The number of amides is 2. The van der Waals surface area contributed by atoms with Gasteiger partial charge in [0.1, 0.15) is 12.2 Å². The summed E-state index contributed by atoms with van der Waals surface area (Å²) in [6.45, 7) is 2.87. The first kappa shape index (κ1) is 26.2. The molecule has 4 aliphatic rings. The molecule has 13 heteroatoms. The van der Waals surface area contributed by atoms with E-state index in [-0.39, 0.29) is 36.9 Å². The zero-order valence-corrected chi connectivity index (χ0v) is 21.4. The molecular weight excluding hydrogens is 495 g/mol. The number of nitriles is 1. The number of hydrogen-bond donors (Lipinski definition) is 2. The van der Waals surface area contributed by atoms with Gasteiger partial charge in [-0.25, -0.2) is 14.2 Å². The second-order valence-corrected chi connectivity index (χ2v) is 11.7. The zero-order valence-electron chi connectivity index (χ0n) is 19.8. The predicted molar refractivity (Wildman–Crippen MR) is 128 cm³/mol. The highest BCUT2D eigenvalue weighted by Crippen LogP contribution is 2.52. The predicted octanol–water partition coefficient (Wildman–Crippen LogP) is 2.68. The summed E-state index contributed by atoms with van der Waals surface area (Å²) in [6.07, 6.45) is 3.50. The molecule has 1 aliphatic heterocycles. The van der Waals surface area contributed by atoms with E-state index in [9.17, 15) is 19.2 Å². The van der Waals surface area contributed by atoms with Crippen LogP contribution in [-0.2, 0) is 19.4 Å². The quantitative estimate of drug-likeness (QED) is 0.147. The van der Waals surface area contributed by atoms with Gasteiger partial charge < -0.3 is 15.5 Å². The van der Waals surface area contributed by atoms with Gasteiger partial charge >= 0.3 is 0 Å². The second kappa shape index (κ2) is 11.5. The van der Waals surface area contributed by atoms with Crippen molar-refractivity contribution in [3.05, 3.63) is 0 Å². The Kier molecular flexibility index (Phi) is 8.59. The van der Waals surface area contributed by atoms with Crippen molar-refractivity contribution in [1.29, 1.82) is 5.26 Å². The fraction of sp³-hybridized carbons (Fsp3) is 0.773. The van der Waals surface area contributed by atoms with E-state index in [4.69, 9.17) is 9.78 Å². The molecule has 35 heavy (non-hydrogen) atoms.